The van der Waals surface area contributed by atoms with E-state index < -0.39 is 6.04 Å². The van der Waals surface area contributed by atoms with Crippen molar-refractivity contribution in [1.29, 1.82) is 0 Å². The third-order valence-corrected chi connectivity index (χ3v) is 5.78. The number of hydrogen-bond acceptors (Lipinski definition) is 3. The van der Waals surface area contributed by atoms with Crippen LogP contribution in [0.1, 0.15) is 20.3 Å². The Bertz CT molecular complexity index is 859. The van der Waals surface area contributed by atoms with E-state index in [1.807, 2.05) is 44.2 Å². The van der Waals surface area contributed by atoms with Crippen LogP contribution in [0.3, 0.4) is 0 Å². The molecule has 2 aromatic carbocycles. The van der Waals surface area contributed by atoms with Crippen LogP contribution in [0.25, 0.3) is 0 Å². The van der Waals surface area contributed by atoms with E-state index in [0.29, 0.717) is 18.2 Å². The zero-order valence-electron chi connectivity index (χ0n) is 17.4. The molecule has 1 aliphatic heterocycles. The van der Waals surface area contributed by atoms with Gasteiger partial charge < -0.3 is 20.9 Å². The number of urea groups is 1. The van der Waals surface area contributed by atoms with E-state index in [0.717, 1.165) is 24.0 Å². The molecule has 0 aliphatic carbocycles. The molecule has 0 radical (unpaired) electrons. The molecule has 0 bridgehead atoms. The first-order valence-corrected chi connectivity index (χ1v) is 11.1. The number of anilines is 2. The molecule has 1 heterocycles. The van der Waals surface area contributed by atoms with Crippen LogP contribution in [-0.2, 0) is 4.79 Å². The highest BCUT2D eigenvalue weighted by Crippen LogP contribution is 2.26. The summed E-state index contributed by atoms with van der Waals surface area (Å²) >= 11 is 3.52. The second kappa shape index (κ2) is 10.5. The highest BCUT2D eigenvalue weighted by Gasteiger charge is 2.27. The summed E-state index contributed by atoms with van der Waals surface area (Å²) in [6.45, 7) is 6.34. The minimum atomic E-state index is -0.587. The lowest BCUT2D eigenvalue weighted by Gasteiger charge is -2.23. The number of nitrogens with one attached hydrogen (secondary N) is 3. The molecule has 160 valence electrons. The average Bonchev–Trinajstić information content (AvgIpc) is 3.20. The predicted molar refractivity (Wildman–Crippen MR) is 125 cm³/mol. The van der Waals surface area contributed by atoms with Crippen LogP contribution in [0.5, 0.6) is 0 Å². The van der Waals surface area contributed by atoms with Gasteiger partial charge in [-0.2, -0.15) is 0 Å². The van der Waals surface area contributed by atoms with Crippen molar-refractivity contribution < 1.29 is 9.59 Å². The van der Waals surface area contributed by atoms with Gasteiger partial charge in [0, 0.05) is 35.5 Å². The van der Waals surface area contributed by atoms with Crippen molar-refractivity contribution in [3.8, 4) is 0 Å². The van der Waals surface area contributed by atoms with Gasteiger partial charge in [0.15, 0.2) is 0 Å². The fourth-order valence-electron chi connectivity index (χ4n) is 3.63. The number of carbonyl (C=O) groups is 2. The summed E-state index contributed by atoms with van der Waals surface area (Å²) in [7, 11) is 0. The molecule has 0 aromatic heterocycles. The molecule has 2 unspecified atom stereocenters. The van der Waals surface area contributed by atoms with Gasteiger partial charge in [-0.1, -0.05) is 54.0 Å². The first kappa shape index (κ1) is 22.2. The van der Waals surface area contributed by atoms with Gasteiger partial charge in [-0.15, -0.1) is 0 Å². The summed E-state index contributed by atoms with van der Waals surface area (Å²) < 4.78 is 1.07. The summed E-state index contributed by atoms with van der Waals surface area (Å²) in [6.07, 6.45) is 1.03. The average molecular weight is 473 g/mol. The van der Waals surface area contributed by atoms with Crippen molar-refractivity contribution in [2.24, 2.45) is 11.8 Å². The van der Waals surface area contributed by atoms with Gasteiger partial charge in [0.1, 0.15) is 6.04 Å². The molecule has 30 heavy (non-hydrogen) atoms. The Labute approximate surface area is 186 Å². The smallest absolute Gasteiger partial charge is 0.319 e. The van der Waals surface area contributed by atoms with Gasteiger partial charge in [0.25, 0.3) is 0 Å². The molecule has 1 saturated heterocycles. The van der Waals surface area contributed by atoms with Crippen LogP contribution < -0.4 is 20.9 Å². The lowest BCUT2D eigenvalue weighted by atomic mass is 10.0. The van der Waals surface area contributed by atoms with E-state index >= 15 is 0 Å². The Kier molecular flexibility index (Phi) is 7.74. The molecule has 0 saturated carbocycles. The maximum absolute atomic E-state index is 12.8. The fraction of sp³-hybridized carbons (Fsp3) is 0.391. The molecule has 3 N–H and O–H groups in total. The number of halogens is 1. The Balaban J connectivity index is 1.49. The van der Waals surface area contributed by atoms with Crippen molar-refractivity contribution in [2.75, 3.05) is 29.9 Å². The van der Waals surface area contributed by atoms with E-state index in [1.54, 1.807) is 12.1 Å². The first-order valence-electron chi connectivity index (χ1n) is 10.3. The highest BCUT2D eigenvalue weighted by atomic mass is 79.9. The van der Waals surface area contributed by atoms with E-state index in [-0.39, 0.29) is 17.9 Å². The molecular formula is C23H29BrN4O2. The van der Waals surface area contributed by atoms with E-state index in [1.165, 1.54) is 5.69 Å². The zero-order chi connectivity index (χ0) is 21.5. The second-order valence-electron chi connectivity index (χ2n) is 8.01. The number of carbonyl (C=O) groups excluding carboxylic acids is 2. The van der Waals surface area contributed by atoms with Crippen LogP contribution in [0.2, 0.25) is 0 Å². The van der Waals surface area contributed by atoms with Crippen molar-refractivity contribution in [1.82, 2.24) is 10.6 Å². The normalized spacial score (nSPS) is 16.9. The molecular weight excluding hydrogens is 444 g/mol. The molecule has 1 aliphatic rings. The van der Waals surface area contributed by atoms with Gasteiger partial charge >= 0.3 is 6.03 Å². The van der Waals surface area contributed by atoms with Crippen molar-refractivity contribution in [3.05, 3.63) is 59.1 Å². The van der Waals surface area contributed by atoms with Crippen molar-refractivity contribution >= 4 is 39.2 Å². The predicted octanol–water partition coefficient (Wildman–Crippen LogP) is 4.24. The monoisotopic (exact) mass is 472 g/mol. The van der Waals surface area contributed by atoms with Gasteiger partial charge in [-0.05, 0) is 48.6 Å². The number of amides is 3. The maximum Gasteiger partial charge on any atom is 0.319 e. The van der Waals surface area contributed by atoms with E-state index in [2.05, 4.69) is 48.9 Å². The van der Waals surface area contributed by atoms with Crippen LogP contribution in [0, 0.1) is 11.8 Å². The quantitative estimate of drug-likeness (QED) is 0.564. The maximum atomic E-state index is 12.8. The standard InChI is InChI=1S/C23H29BrN4O2/c1-16(2)21(27-23(30)26-19-8-4-3-5-9-19)22(29)25-14-17-11-12-28(15-17)20-10-6-7-18(24)13-20/h3-10,13,16-17,21H,11-12,14-15H2,1-2H3,(H,25,29)(H2,26,27,30). The van der Waals surface area contributed by atoms with Crippen LogP contribution in [0.4, 0.5) is 16.2 Å². The Morgan fingerprint density at radius 1 is 1.13 bits per heavy atom. The SMILES string of the molecule is CC(C)C(NC(=O)Nc1ccccc1)C(=O)NCC1CCN(c2cccc(Br)c2)C1. The minimum absolute atomic E-state index is 0.0201. The number of rotatable bonds is 7. The van der Waals surface area contributed by atoms with Crippen LogP contribution in [-0.4, -0.2) is 37.6 Å². The van der Waals surface area contributed by atoms with Crippen LogP contribution >= 0.6 is 15.9 Å². The largest absolute Gasteiger partial charge is 0.371 e. The van der Waals surface area contributed by atoms with Gasteiger partial charge in [-0.3, -0.25) is 4.79 Å². The third kappa shape index (κ3) is 6.23. The summed E-state index contributed by atoms with van der Waals surface area (Å²) in [6, 6.07) is 16.5. The highest BCUT2D eigenvalue weighted by molar-refractivity contribution is 9.10. The van der Waals surface area contributed by atoms with Gasteiger partial charge in [-0.25, -0.2) is 4.79 Å². The third-order valence-electron chi connectivity index (χ3n) is 5.29. The second-order valence-corrected chi connectivity index (χ2v) is 8.93. The number of para-hydroxylation sites is 1. The number of hydrogen-bond donors (Lipinski definition) is 3. The Hall–Kier alpha value is -2.54. The molecule has 2 aromatic rings. The Morgan fingerprint density at radius 3 is 2.60 bits per heavy atom. The summed E-state index contributed by atoms with van der Waals surface area (Å²) in [5, 5.41) is 8.61. The molecule has 1 fully saturated rings. The van der Waals surface area contributed by atoms with Crippen LogP contribution in [0.15, 0.2) is 59.1 Å². The van der Waals surface area contributed by atoms with Crippen molar-refractivity contribution in [2.45, 2.75) is 26.3 Å². The lowest BCUT2D eigenvalue weighted by molar-refractivity contribution is -0.124. The number of nitrogens with zero attached hydrogens (tertiary/aromatic N) is 1. The summed E-state index contributed by atoms with van der Waals surface area (Å²) in [5.74, 6) is 0.223. The lowest BCUT2D eigenvalue weighted by Crippen LogP contribution is -2.51. The first-order chi connectivity index (χ1) is 14.4. The minimum Gasteiger partial charge on any atom is -0.371 e. The summed E-state index contributed by atoms with van der Waals surface area (Å²) in [5.41, 5.74) is 1.88. The van der Waals surface area contributed by atoms with Gasteiger partial charge in [0.2, 0.25) is 5.91 Å². The summed E-state index contributed by atoms with van der Waals surface area (Å²) in [4.78, 5) is 27.4. The molecule has 2 atom stereocenters. The van der Waals surface area contributed by atoms with E-state index in [9.17, 15) is 9.59 Å². The molecule has 3 amide bonds. The van der Waals surface area contributed by atoms with Gasteiger partial charge in [0.05, 0.1) is 0 Å². The molecule has 3 rings (SSSR count). The molecule has 0 spiro atoms. The van der Waals surface area contributed by atoms with E-state index in [4.69, 9.17) is 0 Å². The molecule has 7 heteroatoms. The fourth-order valence-corrected chi connectivity index (χ4v) is 4.01. The Morgan fingerprint density at radius 2 is 1.90 bits per heavy atom. The number of benzene rings is 2. The van der Waals surface area contributed by atoms with Crippen molar-refractivity contribution in [3.63, 3.8) is 0 Å². The topological polar surface area (TPSA) is 73.5 Å². The molecule has 6 nitrogen and oxygen atoms in total. The zero-order valence-corrected chi connectivity index (χ0v) is 19.0.